The van der Waals surface area contributed by atoms with E-state index < -0.39 is 0 Å². The van der Waals surface area contributed by atoms with Gasteiger partial charge in [-0.3, -0.25) is 0 Å². The highest BCUT2D eigenvalue weighted by atomic mass is 16.5. The van der Waals surface area contributed by atoms with Crippen LogP contribution in [-0.2, 0) is 13.0 Å². The first-order valence-corrected chi connectivity index (χ1v) is 7.83. The molecule has 2 heterocycles. The van der Waals surface area contributed by atoms with Gasteiger partial charge in [-0.2, -0.15) is 0 Å². The number of hydrogen-bond donors (Lipinski definition) is 1. The number of benzene rings is 2. The van der Waals surface area contributed by atoms with E-state index in [1.165, 1.54) is 5.56 Å². The summed E-state index contributed by atoms with van der Waals surface area (Å²) in [5, 5.41) is 4.66. The number of fused-ring (bicyclic) bond motifs is 2. The van der Waals surface area contributed by atoms with E-state index in [1.807, 2.05) is 30.3 Å². The quantitative estimate of drug-likeness (QED) is 0.800. The number of methoxy groups -OCH3 is 1. The zero-order chi connectivity index (χ0) is 15.6. The number of furan rings is 1. The molecule has 1 aromatic heterocycles. The summed E-state index contributed by atoms with van der Waals surface area (Å²) in [6.07, 6.45) is 0.923. The third-order valence-electron chi connectivity index (χ3n) is 4.22. The second kappa shape index (κ2) is 5.97. The average Bonchev–Trinajstić information content (AvgIpc) is 3.02. The van der Waals surface area contributed by atoms with Gasteiger partial charge in [0.05, 0.1) is 13.7 Å². The Morgan fingerprint density at radius 1 is 1.17 bits per heavy atom. The lowest BCUT2D eigenvalue weighted by Crippen LogP contribution is -2.38. The van der Waals surface area contributed by atoms with E-state index in [1.54, 1.807) is 7.11 Å². The van der Waals surface area contributed by atoms with Crippen LogP contribution in [0, 0.1) is 0 Å². The number of ether oxygens (including phenoxy) is 2. The minimum absolute atomic E-state index is 0.266. The van der Waals surface area contributed by atoms with Crippen molar-refractivity contribution in [2.75, 3.05) is 13.7 Å². The van der Waals surface area contributed by atoms with E-state index in [-0.39, 0.29) is 6.04 Å². The summed E-state index contributed by atoms with van der Waals surface area (Å²) in [6.45, 7) is 1.33. The maximum absolute atomic E-state index is 5.89. The van der Waals surface area contributed by atoms with Crippen molar-refractivity contribution in [3.63, 3.8) is 0 Å². The van der Waals surface area contributed by atoms with Gasteiger partial charge >= 0.3 is 0 Å². The zero-order valence-corrected chi connectivity index (χ0v) is 13.0. The van der Waals surface area contributed by atoms with Crippen molar-refractivity contribution in [1.82, 2.24) is 5.32 Å². The van der Waals surface area contributed by atoms with Crippen LogP contribution in [0.3, 0.4) is 0 Å². The summed E-state index contributed by atoms with van der Waals surface area (Å²) in [5.74, 6) is 2.62. The fraction of sp³-hybridized carbons (Fsp3) is 0.263. The van der Waals surface area contributed by atoms with Crippen molar-refractivity contribution in [3.05, 3.63) is 59.9 Å². The van der Waals surface area contributed by atoms with E-state index in [9.17, 15) is 0 Å². The second-order valence-electron chi connectivity index (χ2n) is 5.79. The van der Waals surface area contributed by atoms with E-state index in [0.717, 1.165) is 34.6 Å². The van der Waals surface area contributed by atoms with Crippen LogP contribution in [-0.4, -0.2) is 19.8 Å². The van der Waals surface area contributed by atoms with Crippen LogP contribution >= 0.6 is 0 Å². The minimum atomic E-state index is 0.266. The Morgan fingerprint density at radius 2 is 2.09 bits per heavy atom. The second-order valence-corrected chi connectivity index (χ2v) is 5.79. The molecule has 2 aromatic carbocycles. The summed E-state index contributed by atoms with van der Waals surface area (Å²) in [5.41, 5.74) is 2.11. The Bertz CT molecular complexity index is 791. The van der Waals surface area contributed by atoms with Crippen molar-refractivity contribution in [2.24, 2.45) is 0 Å². The predicted octanol–water partition coefficient (Wildman–Crippen LogP) is 3.53. The first-order valence-electron chi connectivity index (χ1n) is 7.83. The van der Waals surface area contributed by atoms with E-state index in [4.69, 9.17) is 13.9 Å². The van der Waals surface area contributed by atoms with Crippen molar-refractivity contribution in [2.45, 2.75) is 19.0 Å². The summed E-state index contributed by atoms with van der Waals surface area (Å²) in [6, 6.07) is 16.4. The molecular weight excluding hydrogens is 290 g/mol. The molecule has 118 valence electrons. The lowest BCUT2D eigenvalue weighted by Gasteiger charge is -2.27. The fourth-order valence-corrected chi connectivity index (χ4v) is 3.05. The number of para-hydroxylation sites is 2. The Balaban J connectivity index is 1.44. The average molecular weight is 309 g/mol. The van der Waals surface area contributed by atoms with Gasteiger partial charge in [-0.15, -0.1) is 0 Å². The molecule has 4 rings (SSSR count). The maximum Gasteiger partial charge on any atom is 0.164 e. The minimum Gasteiger partial charge on any atom is -0.493 e. The normalized spacial score (nSPS) is 16.8. The Hall–Kier alpha value is -2.46. The van der Waals surface area contributed by atoms with Gasteiger partial charge in [-0.05, 0) is 30.2 Å². The Morgan fingerprint density at radius 3 is 2.96 bits per heavy atom. The molecule has 1 N–H and O–H groups in total. The van der Waals surface area contributed by atoms with Crippen LogP contribution in [0.25, 0.3) is 11.0 Å². The van der Waals surface area contributed by atoms with Gasteiger partial charge in [-0.1, -0.05) is 30.3 Å². The molecule has 0 bridgehead atoms. The molecule has 0 aliphatic carbocycles. The van der Waals surface area contributed by atoms with Gasteiger partial charge in [0.2, 0.25) is 0 Å². The monoisotopic (exact) mass is 309 g/mol. The Labute approximate surface area is 135 Å². The van der Waals surface area contributed by atoms with Gasteiger partial charge < -0.3 is 19.2 Å². The smallest absolute Gasteiger partial charge is 0.164 e. The first-order chi connectivity index (χ1) is 11.3. The molecule has 4 heteroatoms. The molecule has 1 aliphatic rings. The molecule has 0 saturated carbocycles. The van der Waals surface area contributed by atoms with Crippen LogP contribution in [0.1, 0.15) is 11.3 Å². The molecule has 23 heavy (non-hydrogen) atoms. The molecule has 1 atom stereocenters. The van der Waals surface area contributed by atoms with Crippen molar-refractivity contribution in [1.29, 1.82) is 0 Å². The van der Waals surface area contributed by atoms with E-state index in [2.05, 4.69) is 23.5 Å². The standard InChI is InChI=1S/C19H19NO3/c1-21-18-8-4-6-14-9-15(12-22-19(14)18)20-11-16-10-13-5-2-3-7-17(13)23-16/h2-8,10,15,20H,9,11-12H2,1H3/t15-/m0/s1. The molecule has 1 aliphatic heterocycles. The summed E-state index contributed by atoms with van der Waals surface area (Å²) in [7, 11) is 1.67. The fourth-order valence-electron chi connectivity index (χ4n) is 3.05. The Kier molecular flexibility index (Phi) is 3.67. The number of hydrogen-bond acceptors (Lipinski definition) is 4. The molecule has 3 aromatic rings. The highest BCUT2D eigenvalue weighted by Gasteiger charge is 2.22. The SMILES string of the molecule is COc1cccc2c1OC[C@@H](NCc1cc3ccccc3o1)C2. The molecule has 0 saturated heterocycles. The number of rotatable bonds is 4. The maximum atomic E-state index is 5.89. The van der Waals surface area contributed by atoms with Crippen LogP contribution < -0.4 is 14.8 Å². The highest BCUT2D eigenvalue weighted by molar-refractivity contribution is 5.77. The summed E-state index contributed by atoms with van der Waals surface area (Å²) < 4.78 is 17.1. The number of nitrogens with one attached hydrogen (secondary N) is 1. The van der Waals surface area contributed by atoms with Gasteiger partial charge in [-0.25, -0.2) is 0 Å². The predicted molar refractivity (Wildman–Crippen MR) is 89.0 cm³/mol. The van der Waals surface area contributed by atoms with Gasteiger partial charge in [0, 0.05) is 11.4 Å². The van der Waals surface area contributed by atoms with Crippen LogP contribution in [0.2, 0.25) is 0 Å². The molecule has 0 spiro atoms. The molecular formula is C19H19NO3. The lowest BCUT2D eigenvalue weighted by molar-refractivity contribution is 0.224. The summed E-state index contributed by atoms with van der Waals surface area (Å²) >= 11 is 0. The first kappa shape index (κ1) is 14.2. The molecule has 0 amide bonds. The van der Waals surface area contributed by atoms with E-state index >= 15 is 0 Å². The highest BCUT2D eigenvalue weighted by Crippen LogP contribution is 2.34. The van der Waals surface area contributed by atoms with Crippen LogP contribution in [0.4, 0.5) is 0 Å². The van der Waals surface area contributed by atoms with Gasteiger partial charge in [0.25, 0.3) is 0 Å². The van der Waals surface area contributed by atoms with E-state index in [0.29, 0.717) is 13.2 Å². The van der Waals surface area contributed by atoms with Gasteiger partial charge in [0.1, 0.15) is 18.0 Å². The lowest BCUT2D eigenvalue weighted by atomic mass is 10.0. The third kappa shape index (κ3) is 2.78. The third-order valence-corrected chi connectivity index (χ3v) is 4.22. The molecule has 0 radical (unpaired) electrons. The molecule has 4 nitrogen and oxygen atoms in total. The largest absolute Gasteiger partial charge is 0.493 e. The molecule has 0 fully saturated rings. The van der Waals surface area contributed by atoms with Gasteiger partial charge in [0.15, 0.2) is 11.5 Å². The van der Waals surface area contributed by atoms with Crippen molar-refractivity contribution < 1.29 is 13.9 Å². The van der Waals surface area contributed by atoms with Crippen LogP contribution in [0.5, 0.6) is 11.5 Å². The van der Waals surface area contributed by atoms with Crippen molar-refractivity contribution >= 4 is 11.0 Å². The summed E-state index contributed by atoms with van der Waals surface area (Å²) in [4.78, 5) is 0. The zero-order valence-electron chi connectivity index (χ0n) is 13.0. The van der Waals surface area contributed by atoms with Crippen LogP contribution in [0.15, 0.2) is 52.9 Å². The topological polar surface area (TPSA) is 43.6 Å². The van der Waals surface area contributed by atoms with Crippen molar-refractivity contribution in [3.8, 4) is 11.5 Å². The molecule has 0 unspecified atom stereocenters.